The Morgan fingerprint density at radius 1 is 1.35 bits per heavy atom. The quantitative estimate of drug-likeness (QED) is 0.642. The fraction of sp³-hybridized carbons (Fsp3) is 0.231. The number of hydrogen-bond acceptors (Lipinski definition) is 6. The number of ether oxygens (including phenoxy) is 1. The Bertz CT molecular complexity index is 589. The highest BCUT2D eigenvalue weighted by molar-refractivity contribution is 5.43. The third-order valence-corrected chi connectivity index (χ3v) is 2.49. The summed E-state index contributed by atoms with van der Waals surface area (Å²) in [5, 5.41) is 13.8. The van der Waals surface area contributed by atoms with E-state index in [1.165, 1.54) is 0 Å². The molecule has 0 saturated heterocycles. The van der Waals surface area contributed by atoms with E-state index in [9.17, 15) is 10.1 Å². The number of hydrogen-bond donors (Lipinski definition) is 1. The second-order valence-corrected chi connectivity index (χ2v) is 3.95. The number of aromatic nitrogens is 2. The van der Waals surface area contributed by atoms with E-state index in [-0.39, 0.29) is 18.2 Å². The van der Waals surface area contributed by atoms with Crippen molar-refractivity contribution in [2.24, 2.45) is 0 Å². The molecule has 7 nitrogen and oxygen atoms in total. The van der Waals surface area contributed by atoms with Crippen LogP contribution in [0, 0.1) is 10.1 Å². The molecule has 0 aliphatic carbocycles. The lowest BCUT2D eigenvalue weighted by Gasteiger charge is -2.07. The highest BCUT2D eigenvalue weighted by Gasteiger charge is 2.18. The first-order valence-corrected chi connectivity index (χ1v) is 6.12. The molecule has 0 aliphatic heterocycles. The van der Waals surface area contributed by atoms with Crippen LogP contribution >= 0.6 is 0 Å². The maximum Gasteiger partial charge on any atom is 0.349 e. The lowest BCUT2D eigenvalue weighted by Crippen LogP contribution is -2.06. The highest BCUT2D eigenvalue weighted by Crippen LogP contribution is 2.25. The van der Waals surface area contributed by atoms with E-state index < -0.39 is 4.92 Å². The molecular formula is C13H14N4O3. The van der Waals surface area contributed by atoms with Crippen LogP contribution in [0.3, 0.4) is 0 Å². The molecule has 7 heteroatoms. The predicted molar refractivity (Wildman–Crippen MR) is 73.6 cm³/mol. The van der Waals surface area contributed by atoms with Gasteiger partial charge in [-0.05, 0) is 12.5 Å². The van der Waals surface area contributed by atoms with Crippen molar-refractivity contribution in [3.8, 4) is 5.88 Å². The van der Waals surface area contributed by atoms with E-state index in [2.05, 4.69) is 15.3 Å². The van der Waals surface area contributed by atoms with Gasteiger partial charge in [-0.1, -0.05) is 30.3 Å². The molecule has 1 N–H and O–H groups in total. The highest BCUT2D eigenvalue weighted by atomic mass is 16.6. The molecule has 1 aromatic carbocycles. The normalized spacial score (nSPS) is 10.1. The van der Waals surface area contributed by atoms with E-state index in [1.807, 2.05) is 37.3 Å². The van der Waals surface area contributed by atoms with Gasteiger partial charge >= 0.3 is 5.69 Å². The first-order valence-electron chi connectivity index (χ1n) is 6.12. The summed E-state index contributed by atoms with van der Waals surface area (Å²) in [7, 11) is 0. The van der Waals surface area contributed by atoms with Gasteiger partial charge in [-0.25, -0.2) is 4.98 Å². The summed E-state index contributed by atoms with van der Waals surface area (Å²) in [5.41, 5.74) is 0.660. The number of benzene rings is 1. The monoisotopic (exact) mass is 274 g/mol. The summed E-state index contributed by atoms with van der Waals surface area (Å²) < 4.78 is 5.44. The van der Waals surface area contributed by atoms with Crippen molar-refractivity contribution in [3.05, 3.63) is 52.2 Å². The van der Waals surface area contributed by atoms with Crippen LogP contribution in [0.4, 0.5) is 11.6 Å². The smallest absolute Gasteiger partial charge is 0.349 e. The average Bonchev–Trinajstić information content (AvgIpc) is 2.46. The molecule has 1 aromatic heterocycles. The zero-order valence-corrected chi connectivity index (χ0v) is 10.9. The standard InChI is InChI=1S/C13H14N4O3/c1-2-14-13-15-8-11(17(18)19)12(16-13)20-9-10-6-4-3-5-7-10/h3-8H,2,9H2,1H3,(H,14,15,16). The second kappa shape index (κ2) is 6.46. The lowest BCUT2D eigenvalue weighted by atomic mass is 10.2. The van der Waals surface area contributed by atoms with Gasteiger partial charge in [-0.2, -0.15) is 4.98 Å². The predicted octanol–water partition coefficient (Wildman–Crippen LogP) is 2.40. The second-order valence-electron chi connectivity index (χ2n) is 3.95. The molecule has 0 radical (unpaired) electrons. The first kappa shape index (κ1) is 13.7. The van der Waals surface area contributed by atoms with E-state index >= 15 is 0 Å². The number of nitro groups is 1. The van der Waals surface area contributed by atoms with Crippen LogP contribution in [0.15, 0.2) is 36.5 Å². The molecule has 104 valence electrons. The van der Waals surface area contributed by atoms with E-state index in [1.54, 1.807) is 0 Å². The van der Waals surface area contributed by atoms with Crippen molar-refractivity contribution >= 4 is 11.6 Å². The molecule has 2 rings (SSSR count). The van der Waals surface area contributed by atoms with Gasteiger partial charge in [0.05, 0.1) is 4.92 Å². The number of anilines is 1. The SMILES string of the molecule is CCNc1ncc([N+](=O)[O-])c(OCc2ccccc2)n1. The molecule has 1 heterocycles. The molecule has 0 bridgehead atoms. The van der Waals surface area contributed by atoms with Crippen molar-refractivity contribution in [3.63, 3.8) is 0 Å². The van der Waals surface area contributed by atoms with Crippen LogP contribution in [-0.2, 0) is 6.61 Å². The molecular weight excluding hydrogens is 260 g/mol. The first-order chi connectivity index (χ1) is 9.70. The Balaban J connectivity index is 2.19. The maximum atomic E-state index is 10.9. The Morgan fingerprint density at radius 3 is 2.75 bits per heavy atom. The van der Waals surface area contributed by atoms with Gasteiger partial charge in [0, 0.05) is 6.54 Å². The largest absolute Gasteiger partial charge is 0.468 e. The summed E-state index contributed by atoms with van der Waals surface area (Å²) in [6.07, 6.45) is 1.14. The zero-order valence-electron chi connectivity index (χ0n) is 10.9. The zero-order chi connectivity index (χ0) is 14.4. The van der Waals surface area contributed by atoms with Gasteiger partial charge in [0.15, 0.2) is 0 Å². The summed E-state index contributed by atoms with van der Waals surface area (Å²) in [4.78, 5) is 18.2. The Hall–Kier alpha value is -2.70. The van der Waals surface area contributed by atoms with Crippen molar-refractivity contribution < 1.29 is 9.66 Å². The minimum Gasteiger partial charge on any atom is -0.468 e. The van der Waals surface area contributed by atoms with Crippen molar-refractivity contribution in [2.75, 3.05) is 11.9 Å². The molecule has 0 atom stereocenters. The maximum absolute atomic E-state index is 10.9. The van der Waals surface area contributed by atoms with Crippen LogP contribution in [0.1, 0.15) is 12.5 Å². The molecule has 20 heavy (non-hydrogen) atoms. The van der Waals surface area contributed by atoms with Gasteiger partial charge in [-0.3, -0.25) is 10.1 Å². The van der Waals surface area contributed by atoms with Crippen LogP contribution in [0.2, 0.25) is 0 Å². The van der Waals surface area contributed by atoms with Crippen LogP contribution in [-0.4, -0.2) is 21.4 Å². The molecule has 0 spiro atoms. The molecule has 0 saturated carbocycles. The van der Waals surface area contributed by atoms with Crippen molar-refractivity contribution in [1.82, 2.24) is 9.97 Å². The lowest BCUT2D eigenvalue weighted by molar-refractivity contribution is -0.386. The molecule has 0 unspecified atom stereocenters. The topological polar surface area (TPSA) is 90.2 Å². The van der Waals surface area contributed by atoms with Gasteiger partial charge in [-0.15, -0.1) is 0 Å². The fourth-order valence-corrected chi connectivity index (χ4v) is 1.56. The third-order valence-electron chi connectivity index (χ3n) is 2.49. The van der Waals surface area contributed by atoms with Crippen LogP contribution < -0.4 is 10.1 Å². The Morgan fingerprint density at radius 2 is 2.10 bits per heavy atom. The Labute approximate surface area is 115 Å². The fourth-order valence-electron chi connectivity index (χ4n) is 1.56. The Kier molecular flexibility index (Phi) is 4.43. The van der Waals surface area contributed by atoms with Crippen molar-refractivity contribution in [2.45, 2.75) is 13.5 Å². The van der Waals surface area contributed by atoms with E-state index in [0.29, 0.717) is 12.5 Å². The average molecular weight is 274 g/mol. The summed E-state index contributed by atoms with van der Waals surface area (Å²) in [6.45, 7) is 2.72. The summed E-state index contributed by atoms with van der Waals surface area (Å²) in [5.74, 6) is 0.269. The van der Waals surface area contributed by atoms with E-state index in [0.717, 1.165) is 11.8 Å². The van der Waals surface area contributed by atoms with Gasteiger partial charge < -0.3 is 10.1 Å². The van der Waals surface area contributed by atoms with Gasteiger partial charge in [0.1, 0.15) is 12.8 Å². The summed E-state index contributed by atoms with van der Waals surface area (Å²) in [6, 6.07) is 9.38. The minimum absolute atomic E-state index is 0.0372. The third kappa shape index (κ3) is 3.41. The van der Waals surface area contributed by atoms with Gasteiger partial charge in [0.25, 0.3) is 5.88 Å². The summed E-state index contributed by atoms with van der Waals surface area (Å²) >= 11 is 0. The molecule has 0 aliphatic rings. The van der Waals surface area contributed by atoms with E-state index in [4.69, 9.17) is 4.74 Å². The molecule has 0 amide bonds. The van der Waals surface area contributed by atoms with Crippen LogP contribution in [0.5, 0.6) is 5.88 Å². The molecule has 2 aromatic rings. The van der Waals surface area contributed by atoms with Gasteiger partial charge in [0.2, 0.25) is 5.95 Å². The van der Waals surface area contributed by atoms with Crippen LogP contribution in [0.25, 0.3) is 0 Å². The van der Waals surface area contributed by atoms with Crippen molar-refractivity contribution in [1.29, 1.82) is 0 Å². The minimum atomic E-state index is -0.559. The number of nitrogens with one attached hydrogen (secondary N) is 1. The molecule has 0 fully saturated rings. The number of nitrogens with zero attached hydrogens (tertiary/aromatic N) is 3. The number of rotatable bonds is 6.